The Balaban J connectivity index is 0.980. The third kappa shape index (κ3) is 10.4. The molecular formula is C82H62Br2N6. The van der Waals surface area contributed by atoms with Gasteiger partial charge in [0.05, 0.1) is 33.4 Å². The third-order valence-electron chi connectivity index (χ3n) is 17.1. The van der Waals surface area contributed by atoms with Crippen LogP contribution in [0.3, 0.4) is 0 Å². The van der Waals surface area contributed by atoms with Gasteiger partial charge in [0, 0.05) is 98.7 Å². The molecule has 0 amide bonds. The SMILES string of the molecule is Cc1cccc(N(c2ccccc2)c2ccc3c(c2)c2cc(N(c4ccccc4)c4cccc(C)c4)ccc2n3-c2cc(-n3c4ccc(N(c5ccccc5)c5cccc(C)c5)cc4c4cc(N(c5ccccc5)c5cccc(C)c5)ccc43)c(Br)cc2Br)c1. The molecule has 0 aliphatic rings. The van der Waals surface area contributed by atoms with E-state index in [1.165, 1.54) is 22.3 Å². The second-order valence-corrected chi connectivity index (χ2v) is 25.0. The van der Waals surface area contributed by atoms with E-state index in [0.717, 1.165) is 132 Å². The highest BCUT2D eigenvalue weighted by atomic mass is 79.9. The summed E-state index contributed by atoms with van der Waals surface area (Å²) >= 11 is 8.42. The first-order valence-electron chi connectivity index (χ1n) is 30.4. The number of nitrogens with zero attached hydrogens (tertiary/aromatic N) is 6. The summed E-state index contributed by atoms with van der Waals surface area (Å²) in [6.45, 7) is 8.64. The molecule has 0 saturated carbocycles. The molecule has 0 unspecified atom stereocenters. The average Bonchev–Trinajstić information content (AvgIpc) is 1.59. The van der Waals surface area contributed by atoms with E-state index in [2.05, 4.69) is 392 Å². The molecule has 0 fully saturated rings. The molecule has 0 N–H and O–H groups in total. The Labute approximate surface area is 542 Å². The molecule has 15 aromatic rings. The highest BCUT2D eigenvalue weighted by Gasteiger charge is 2.26. The minimum atomic E-state index is 0.945. The molecule has 8 heteroatoms. The maximum absolute atomic E-state index is 4.21. The molecule has 13 aromatic carbocycles. The number of hydrogen-bond acceptors (Lipinski definition) is 4. The van der Waals surface area contributed by atoms with E-state index in [-0.39, 0.29) is 0 Å². The quantitative estimate of drug-likeness (QED) is 0.108. The van der Waals surface area contributed by atoms with Crippen LogP contribution in [-0.2, 0) is 0 Å². The van der Waals surface area contributed by atoms with Gasteiger partial charge in [0.15, 0.2) is 0 Å². The topological polar surface area (TPSA) is 22.8 Å². The highest BCUT2D eigenvalue weighted by Crippen LogP contribution is 2.48. The van der Waals surface area contributed by atoms with Crippen LogP contribution in [0.5, 0.6) is 0 Å². The van der Waals surface area contributed by atoms with Crippen molar-refractivity contribution in [3.05, 3.63) is 335 Å². The molecule has 0 saturated heterocycles. The van der Waals surface area contributed by atoms with E-state index in [1.807, 2.05) is 0 Å². The Morgan fingerprint density at radius 3 is 0.667 bits per heavy atom. The second-order valence-electron chi connectivity index (χ2n) is 23.3. The highest BCUT2D eigenvalue weighted by molar-refractivity contribution is 9.11. The van der Waals surface area contributed by atoms with Crippen LogP contribution in [0.4, 0.5) is 68.2 Å². The van der Waals surface area contributed by atoms with Crippen molar-refractivity contribution >= 4 is 144 Å². The van der Waals surface area contributed by atoms with Gasteiger partial charge in [0.25, 0.3) is 0 Å². The van der Waals surface area contributed by atoms with Crippen LogP contribution in [-0.4, -0.2) is 9.13 Å². The first-order chi connectivity index (χ1) is 44.1. The van der Waals surface area contributed by atoms with Crippen molar-refractivity contribution in [1.29, 1.82) is 0 Å². The molecule has 0 bridgehead atoms. The van der Waals surface area contributed by atoms with Crippen LogP contribution >= 0.6 is 31.9 Å². The van der Waals surface area contributed by atoms with Gasteiger partial charge in [-0.15, -0.1) is 0 Å². The first-order valence-corrected chi connectivity index (χ1v) is 32.0. The van der Waals surface area contributed by atoms with E-state index in [1.54, 1.807) is 0 Å². The lowest BCUT2D eigenvalue weighted by Gasteiger charge is -2.26. The zero-order valence-electron chi connectivity index (χ0n) is 50.3. The molecule has 0 radical (unpaired) electrons. The Morgan fingerprint density at radius 2 is 0.433 bits per heavy atom. The van der Waals surface area contributed by atoms with Crippen LogP contribution in [0, 0.1) is 27.7 Å². The van der Waals surface area contributed by atoms with Crippen LogP contribution in [0.2, 0.25) is 0 Å². The fourth-order valence-electron chi connectivity index (χ4n) is 13.1. The fraction of sp³-hybridized carbons (Fsp3) is 0.0488. The lowest BCUT2D eigenvalue weighted by atomic mass is 10.1. The summed E-state index contributed by atoms with van der Waals surface area (Å²) < 4.78 is 6.78. The number of benzene rings is 13. The van der Waals surface area contributed by atoms with E-state index >= 15 is 0 Å². The molecule has 90 heavy (non-hydrogen) atoms. The van der Waals surface area contributed by atoms with Gasteiger partial charge in [-0.05, 0) is 264 Å². The number of halogens is 2. The molecule has 0 atom stereocenters. The molecule has 434 valence electrons. The number of fused-ring (bicyclic) bond motifs is 6. The van der Waals surface area contributed by atoms with Crippen molar-refractivity contribution in [2.75, 3.05) is 19.6 Å². The molecular weight excluding hydrogens is 1230 g/mol. The summed E-state index contributed by atoms with van der Waals surface area (Å²) in [6.07, 6.45) is 0. The lowest BCUT2D eigenvalue weighted by molar-refractivity contribution is 1.12. The zero-order valence-corrected chi connectivity index (χ0v) is 53.5. The Morgan fingerprint density at radius 1 is 0.211 bits per heavy atom. The maximum atomic E-state index is 4.21. The van der Waals surface area contributed by atoms with Crippen molar-refractivity contribution in [2.45, 2.75) is 27.7 Å². The standard InChI is InChI=1S/C82H62Br2N6/c1-55-21-17-33-63(45-55)85(59-25-9-5-10-26-59)67-37-41-77-71(49-67)72-50-68(86(60-27-11-6-12-28-60)64-34-18-22-56(2)46-64)38-42-78(72)89(77)81-54-82(76(84)53-75(81)83)90-79-43-39-69(87(61-29-13-7-14-30-61)65-35-19-23-57(3)47-65)51-73(79)74-52-70(40-44-80(74)90)88(62-31-15-8-16-32-62)66-36-20-24-58(4)48-66/h5-54H,1-4H3. The normalized spacial score (nSPS) is 11.4. The zero-order chi connectivity index (χ0) is 61.0. The third-order valence-corrected chi connectivity index (χ3v) is 18.4. The van der Waals surface area contributed by atoms with Crippen molar-refractivity contribution < 1.29 is 0 Å². The van der Waals surface area contributed by atoms with Crippen molar-refractivity contribution in [1.82, 2.24) is 9.13 Å². The van der Waals surface area contributed by atoms with Crippen molar-refractivity contribution in [3.63, 3.8) is 0 Å². The molecule has 0 aliphatic carbocycles. The van der Waals surface area contributed by atoms with Gasteiger partial charge in [-0.3, -0.25) is 0 Å². The Bertz CT molecular complexity index is 4560. The van der Waals surface area contributed by atoms with Gasteiger partial charge in [0.1, 0.15) is 0 Å². The predicted octanol–water partition coefficient (Wildman–Crippen LogP) is 24.5. The minimum Gasteiger partial charge on any atom is -0.310 e. The van der Waals surface area contributed by atoms with Crippen LogP contribution < -0.4 is 19.6 Å². The Kier molecular flexibility index (Phi) is 14.7. The van der Waals surface area contributed by atoms with Crippen LogP contribution in [0.1, 0.15) is 22.3 Å². The summed E-state index contributed by atoms with van der Waals surface area (Å²) in [7, 11) is 0. The lowest BCUT2D eigenvalue weighted by Crippen LogP contribution is -2.10. The monoisotopic (exact) mass is 1290 g/mol. The average molecular weight is 1290 g/mol. The molecule has 2 aromatic heterocycles. The summed E-state index contributed by atoms with van der Waals surface area (Å²) in [6, 6.07) is 110. The minimum absolute atomic E-state index is 0.945. The molecule has 15 rings (SSSR count). The molecule has 0 aliphatic heterocycles. The number of aryl methyl sites for hydroxylation is 4. The van der Waals surface area contributed by atoms with Gasteiger partial charge in [0.2, 0.25) is 0 Å². The van der Waals surface area contributed by atoms with Crippen molar-refractivity contribution in [3.8, 4) is 11.4 Å². The summed E-state index contributed by atoms with van der Waals surface area (Å²) in [5.41, 5.74) is 24.0. The summed E-state index contributed by atoms with van der Waals surface area (Å²) in [4.78, 5) is 9.48. The maximum Gasteiger partial charge on any atom is 0.0625 e. The van der Waals surface area contributed by atoms with Gasteiger partial charge >= 0.3 is 0 Å². The van der Waals surface area contributed by atoms with E-state index in [9.17, 15) is 0 Å². The number of para-hydroxylation sites is 4. The van der Waals surface area contributed by atoms with Gasteiger partial charge < -0.3 is 28.7 Å². The van der Waals surface area contributed by atoms with E-state index in [0.29, 0.717) is 0 Å². The first kappa shape index (κ1) is 56.2. The molecule has 6 nitrogen and oxygen atoms in total. The Hall–Kier alpha value is -10.4. The number of rotatable bonds is 14. The van der Waals surface area contributed by atoms with Gasteiger partial charge in [-0.1, -0.05) is 121 Å². The molecule has 2 heterocycles. The van der Waals surface area contributed by atoms with Crippen LogP contribution in [0.25, 0.3) is 55.0 Å². The fourth-order valence-corrected chi connectivity index (χ4v) is 14.5. The number of hydrogen-bond donors (Lipinski definition) is 0. The summed E-state index contributed by atoms with van der Waals surface area (Å²) in [5.74, 6) is 0. The van der Waals surface area contributed by atoms with E-state index in [4.69, 9.17) is 0 Å². The number of aromatic nitrogens is 2. The largest absolute Gasteiger partial charge is 0.310 e. The van der Waals surface area contributed by atoms with Gasteiger partial charge in [-0.2, -0.15) is 0 Å². The summed E-state index contributed by atoms with van der Waals surface area (Å²) in [5, 5.41) is 4.49. The second kappa shape index (κ2) is 23.6. The number of anilines is 12. The smallest absolute Gasteiger partial charge is 0.0625 e. The van der Waals surface area contributed by atoms with Crippen molar-refractivity contribution in [2.24, 2.45) is 0 Å². The van der Waals surface area contributed by atoms with E-state index < -0.39 is 0 Å². The predicted molar refractivity (Wildman–Crippen MR) is 388 cm³/mol. The van der Waals surface area contributed by atoms with Crippen LogP contribution in [0.15, 0.2) is 312 Å². The molecule has 0 spiro atoms. The van der Waals surface area contributed by atoms with Gasteiger partial charge in [-0.25, -0.2) is 0 Å².